The molecule has 2 aliphatic carbocycles. The first-order valence-corrected chi connectivity index (χ1v) is 12.1. The van der Waals surface area contributed by atoms with Crippen LogP contribution in [0.5, 0.6) is 0 Å². The van der Waals surface area contributed by atoms with Gasteiger partial charge in [0.25, 0.3) is 0 Å². The van der Waals surface area contributed by atoms with E-state index >= 15 is 0 Å². The molecule has 0 heterocycles. The van der Waals surface area contributed by atoms with Crippen LogP contribution in [0.2, 0.25) is 0 Å². The van der Waals surface area contributed by atoms with Gasteiger partial charge in [-0.3, -0.25) is 0 Å². The van der Waals surface area contributed by atoms with Gasteiger partial charge in [-0.25, -0.2) is 16.8 Å². The van der Waals surface area contributed by atoms with Gasteiger partial charge in [-0.05, 0) is 48.9 Å². The maximum Gasteiger partial charge on any atom is 2.00 e. The van der Waals surface area contributed by atoms with Crippen molar-refractivity contribution in [3.05, 3.63) is 82.9 Å². The predicted molar refractivity (Wildman–Crippen MR) is 120 cm³/mol. The summed E-state index contributed by atoms with van der Waals surface area (Å²) in [6.45, 7) is 2.97. The van der Waals surface area contributed by atoms with E-state index in [0.717, 1.165) is 11.1 Å². The van der Waals surface area contributed by atoms with Gasteiger partial charge in [0.1, 0.15) is 20.2 Å². The summed E-state index contributed by atoms with van der Waals surface area (Å²) in [7, 11) is -8.68. The summed E-state index contributed by atoms with van der Waals surface area (Å²) < 4.78 is 65.0. The fraction of sp³-hybridized carbons (Fsp3) is 0.273. The van der Waals surface area contributed by atoms with Gasteiger partial charge in [-0.1, -0.05) is 72.8 Å². The normalized spacial score (nSPS) is 24.1. The molecule has 0 saturated carbocycles. The van der Waals surface area contributed by atoms with Crippen LogP contribution in [0.15, 0.2) is 60.7 Å². The number of rotatable bonds is 2. The van der Waals surface area contributed by atoms with Crippen molar-refractivity contribution in [3.8, 4) is 0 Å². The maximum absolute atomic E-state index is 11.3. The zero-order chi connectivity index (χ0) is 22.2. The van der Waals surface area contributed by atoms with Gasteiger partial charge in [0.05, 0.1) is 9.49 Å². The molecule has 0 N–H and O–H groups in total. The average Bonchev–Trinajstić information content (AvgIpc) is 2.68. The summed E-state index contributed by atoms with van der Waals surface area (Å²) in [4.78, 5) is 0. The minimum Gasteiger partial charge on any atom is -0.747 e. The van der Waals surface area contributed by atoms with E-state index in [0.29, 0.717) is 11.1 Å². The molecule has 4 rings (SSSR count). The molecule has 160 valence electrons. The van der Waals surface area contributed by atoms with Crippen LogP contribution >= 0.6 is 0 Å². The summed E-state index contributed by atoms with van der Waals surface area (Å²) in [5, 5.41) is 0. The molecule has 0 fully saturated rings. The number of allylic oxidation sites excluding steroid dienone is 2. The standard InChI is InChI=1S/2C11H12O3S.Ca/c2*1-11(15(12,13)14)8-4-6-9-5-2-3-7-10(9)11;/h2*2-7H,8H2,1H3,(H,12,13,14);/q;;+2/p-2. The molecule has 31 heavy (non-hydrogen) atoms. The molecule has 0 aromatic heterocycles. The minimum atomic E-state index is -4.34. The van der Waals surface area contributed by atoms with Gasteiger partial charge in [0.2, 0.25) is 0 Å². The van der Waals surface area contributed by atoms with E-state index in [9.17, 15) is 25.9 Å². The van der Waals surface area contributed by atoms with E-state index in [-0.39, 0.29) is 50.6 Å². The van der Waals surface area contributed by atoms with Gasteiger partial charge < -0.3 is 9.11 Å². The first kappa shape index (κ1) is 26.3. The van der Waals surface area contributed by atoms with Crippen molar-refractivity contribution in [2.75, 3.05) is 0 Å². The fourth-order valence-electron chi connectivity index (χ4n) is 3.76. The summed E-state index contributed by atoms with van der Waals surface area (Å²) in [6, 6.07) is 14.2. The molecule has 0 radical (unpaired) electrons. The molecule has 0 spiro atoms. The van der Waals surface area contributed by atoms with Crippen molar-refractivity contribution in [1.29, 1.82) is 0 Å². The van der Waals surface area contributed by atoms with Crippen molar-refractivity contribution in [2.45, 2.75) is 36.2 Å². The van der Waals surface area contributed by atoms with E-state index in [1.165, 1.54) is 13.8 Å². The van der Waals surface area contributed by atoms with Crippen molar-refractivity contribution >= 4 is 70.1 Å². The topological polar surface area (TPSA) is 114 Å². The van der Waals surface area contributed by atoms with Gasteiger partial charge in [0.15, 0.2) is 0 Å². The minimum absolute atomic E-state index is 0. The molecule has 9 heteroatoms. The van der Waals surface area contributed by atoms with Crippen molar-refractivity contribution in [2.24, 2.45) is 0 Å². The monoisotopic (exact) mass is 486 g/mol. The van der Waals surface area contributed by atoms with Crippen LogP contribution < -0.4 is 0 Å². The molecular formula is C22H22CaO6S2. The molecule has 2 unspecified atom stereocenters. The summed E-state index contributed by atoms with van der Waals surface area (Å²) in [5.74, 6) is 0. The van der Waals surface area contributed by atoms with Gasteiger partial charge in [0, 0.05) is 0 Å². The van der Waals surface area contributed by atoms with Gasteiger partial charge >= 0.3 is 37.7 Å². The van der Waals surface area contributed by atoms with Crippen LogP contribution in [0.1, 0.15) is 48.9 Å². The molecule has 2 atom stereocenters. The molecule has 2 aromatic carbocycles. The van der Waals surface area contributed by atoms with Crippen LogP contribution in [-0.4, -0.2) is 63.7 Å². The predicted octanol–water partition coefficient (Wildman–Crippen LogP) is 3.35. The Morgan fingerprint density at radius 1 is 0.677 bits per heavy atom. The molecule has 6 nitrogen and oxygen atoms in total. The van der Waals surface area contributed by atoms with Crippen LogP contribution in [0.3, 0.4) is 0 Å². The zero-order valence-electron chi connectivity index (χ0n) is 17.3. The van der Waals surface area contributed by atoms with Crippen molar-refractivity contribution in [1.82, 2.24) is 0 Å². The number of hydrogen-bond donors (Lipinski definition) is 0. The van der Waals surface area contributed by atoms with E-state index in [1.807, 2.05) is 36.4 Å². The van der Waals surface area contributed by atoms with Gasteiger partial charge in [-0.2, -0.15) is 0 Å². The van der Waals surface area contributed by atoms with E-state index in [2.05, 4.69) is 0 Å². The number of benzene rings is 2. The summed E-state index contributed by atoms with van der Waals surface area (Å²) >= 11 is 0. The SMILES string of the molecule is CC1(S(=O)(=O)[O-])CC=Cc2ccccc21.CC1(S(=O)(=O)[O-])CC=Cc2ccccc21.[Ca+2]. The molecule has 0 bridgehead atoms. The number of fused-ring (bicyclic) bond motifs is 2. The van der Waals surface area contributed by atoms with Crippen LogP contribution in [0.4, 0.5) is 0 Å². The Kier molecular flexibility index (Phi) is 8.02. The average molecular weight is 487 g/mol. The molecule has 2 aliphatic rings. The third-order valence-electron chi connectivity index (χ3n) is 5.77. The second-order valence-electron chi connectivity index (χ2n) is 7.76. The van der Waals surface area contributed by atoms with E-state index in [1.54, 1.807) is 36.4 Å². The second-order valence-corrected chi connectivity index (χ2v) is 11.4. The van der Waals surface area contributed by atoms with Crippen LogP contribution in [0.25, 0.3) is 12.2 Å². The molecule has 0 amide bonds. The molecule has 0 aliphatic heterocycles. The largest absolute Gasteiger partial charge is 2.00 e. The molecule has 2 aromatic rings. The Bertz CT molecular complexity index is 1140. The van der Waals surface area contributed by atoms with Crippen LogP contribution in [0, 0.1) is 0 Å². The van der Waals surface area contributed by atoms with E-state index < -0.39 is 29.7 Å². The first-order chi connectivity index (χ1) is 13.9. The first-order valence-electron chi connectivity index (χ1n) is 9.33. The van der Waals surface area contributed by atoms with E-state index in [4.69, 9.17) is 0 Å². The Morgan fingerprint density at radius 3 is 1.32 bits per heavy atom. The third kappa shape index (κ3) is 5.00. The third-order valence-corrected chi connectivity index (χ3v) is 8.75. The number of hydrogen-bond acceptors (Lipinski definition) is 6. The maximum atomic E-state index is 11.3. The Hall–Kier alpha value is -1.00. The second kappa shape index (κ2) is 9.47. The van der Waals surface area contributed by atoms with Gasteiger partial charge in [-0.15, -0.1) is 0 Å². The van der Waals surface area contributed by atoms with Crippen LogP contribution in [-0.2, 0) is 29.7 Å². The Morgan fingerprint density at radius 2 is 1.00 bits per heavy atom. The quantitative estimate of drug-likeness (QED) is 0.475. The zero-order valence-corrected chi connectivity index (χ0v) is 21.2. The molecular weight excluding hydrogens is 464 g/mol. The van der Waals surface area contributed by atoms with Crippen molar-refractivity contribution in [3.63, 3.8) is 0 Å². The summed E-state index contributed by atoms with van der Waals surface area (Å²) in [6.07, 6.45) is 7.66. The van der Waals surface area contributed by atoms with Crippen molar-refractivity contribution < 1.29 is 25.9 Å². The fourth-order valence-corrected chi connectivity index (χ4v) is 5.27. The summed E-state index contributed by atoms with van der Waals surface area (Å²) in [5.41, 5.74) is 2.82. The molecule has 0 saturated heterocycles. The Labute approximate surface area is 213 Å². The Balaban J connectivity index is 0.000000213. The smallest absolute Gasteiger partial charge is 0.747 e.